The molecule has 2 rings (SSSR count). The average Bonchev–Trinajstić information content (AvgIpc) is 2.73. The Balaban J connectivity index is 2.12. The summed E-state index contributed by atoms with van der Waals surface area (Å²) in [5.41, 5.74) is 2.35. The zero-order valence-corrected chi connectivity index (χ0v) is 10.9. The summed E-state index contributed by atoms with van der Waals surface area (Å²) in [6.45, 7) is 4.94. The van der Waals surface area contributed by atoms with Crippen LogP contribution in [0.5, 0.6) is 0 Å². The number of methoxy groups -OCH3 is 1. The van der Waals surface area contributed by atoms with Crippen LogP contribution in [0.25, 0.3) is 0 Å². The van der Waals surface area contributed by atoms with E-state index in [4.69, 9.17) is 9.47 Å². The quantitative estimate of drug-likeness (QED) is 0.778. The molecule has 2 N–H and O–H groups in total. The van der Waals surface area contributed by atoms with Crippen molar-refractivity contribution in [2.24, 2.45) is 0 Å². The zero-order valence-electron chi connectivity index (χ0n) is 10.9. The number of aromatic nitrogens is 2. The zero-order chi connectivity index (χ0) is 13.1. The number of nitrogens with one attached hydrogen (secondary N) is 2. The number of fused-ring (bicyclic) bond motifs is 1. The molecular weight excluding hydrogens is 234 g/mol. The standard InChI is InChI=1S/C12H19N3O3/c1-7-6-9-10(8(2)18-7)14-15-11(9)12(16)13-4-5-17-3/h7-8H,4-6H2,1-3H3,(H,13,16)(H,14,15)/t7-,8+/m0/s1. The number of hydrogen-bond acceptors (Lipinski definition) is 4. The molecule has 0 unspecified atom stereocenters. The van der Waals surface area contributed by atoms with E-state index in [1.165, 1.54) is 0 Å². The summed E-state index contributed by atoms with van der Waals surface area (Å²) in [5.74, 6) is -0.161. The summed E-state index contributed by atoms with van der Waals surface area (Å²) in [4.78, 5) is 12.0. The molecule has 18 heavy (non-hydrogen) atoms. The highest BCUT2D eigenvalue weighted by Gasteiger charge is 2.29. The van der Waals surface area contributed by atoms with Crippen LogP contribution in [0.4, 0.5) is 0 Å². The van der Waals surface area contributed by atoms with Crippen molar-refractivity contribution in [1.82, 2.24) is 15.5 Å². The number of ether oxygens (including phenoxy) is 2. The second-order valence-corrected chi connectivity index (χ2v) is 4.51. The van der Waals surface area contributed by atoms with Crippen molar-refractivity contribution in [2.45, 2.75) is 32.5 Å². The highest BCUT2D eigenvalue weighted by Crippen LogP contribution is 2.29. The molecule has 0 spiro atoms. The molecular formula is C12H19N3O3. The highest BCUT2D eigenvalue weighted by molar-refractivity contribution is 5.94. The van der Waals surface area contributed by atoms with Crippen molar-refractivity contribution in [2.75, 3.05) is 20.3 Å². The van der Waals surface area contributed by atoms with Crippen LogP contribution in [0.1, 0.15) is 41.7 Å². The molecule has 6 heteroatoms. The van der Waals surface area contributed by atoms with E-state index in [0.29, 0.717) is 25.3 Å². The molecule has 1 amide bonds. The van der Waals surface area contributed by atoms with Crippen LogP contribution >= 0.6 is 0 Å². The first-order valence-electron chi connectivity index (χ1n) is 6.13. The van der Waals surface area contributed by atoms with E-state index < -0.39 is 0 Å². The smallest absolute Gasteiger partial charge is 0.272 e. The summed E-state index contributed by atoms with van der Waals surface area (Å²) < 4.78 is 10.6. The van der Waals surface area contributed by atoms with E-state index in [0.717, 1.165) is 11.3 Å². The third-order valence-corrected chi connectivity index (χ3v) is 3.04. The van der Waals surface area contributed by atoms with Gasteiger partial charge in [-0.2, -0.15) is 5.10 Å². The normalized spacial score (nSPS) is 22.6. The lowest BCUT2D eigenvalue weighted by Crippen LogP contribution is -2.29. The molecule has 2 heterocycles. The molecule has 0 saturated carbocycles. The number of carbonyl (C=O) groups excluding carboxylic acids is 1. The van der Waals surface area contributed by atoms with Gasteiger partial charge in [-0.3, -0.25) is 9.89 Å². The SMILES string of the molecule is COCCNC(=O)c1n[nH]c2c1C[C@H](C)O[C@@H]2C. The monoisotopic (exact) mass is 253 g/mol. The van der Waals surface area contributed by atoms with Gasteiger partial charge in [-0.25, -0.2) is 0 Å². The minimum atomic E-state index is -0.161. The molecule has 1 aliphatic rings. The van der Waals surface area contributed by atoms with Crippen LogP contribution in [-0.4, -0.2) is 42.5 Å². The van der Waals surface area contributed by atoms with E-state index in [2.05, 4.69) is 15.5 Å². The van der Waals surface area contributed by atoms with Crippen LogP contribution in [0.2, 0.25) is 0 Å². The van der Waals surface area contributed by atoms with Crippen LogP contribution in [-0.2, 0) is 15.9 Å². The average molecular weight is 253 g/mol. The molecule has 0 radical (unpaired) electrons. The predicted octanol–water partition coefficient (Wildman–Crippen LogP) is 0.808. The molecule has 0 bridgehead atoms. The summed E-state index contributed by atoms with van der Waals surface area (Å²) in [7, 11) is 1.60. The molecule has 6 nitrogen and oxygen atoms in total. The van der Waals surface area contributed by atoms with Crippen molar-refractivity contribution >= 4 is 5.91 Å². The van der Waals surface area contributed by atoms with Crippen molar-refractivity contribution in [3.05, 3.63) is 17.0 Å². The Labute approximate surface area is 106 Å². The van der Waals surface area contributed by atoms with Gasteiger partial charge in [-0.05, 0) is 13.8 Å². The lowest BCUT2D eigenvalue weighted by molar-refractivity contribution is -0.00697. The number of nitrogens with zero attached hydrogens (tertiary/aromatic N) is 1. The molecule has 1 aliphatic heterocycles. The largest absolute Gasteiger partial charge is 0.383 e. The van der Waals surface area contributed by atoms with Crippen LogP contribution in [0.15, 0.2) is 0 Å². The maximum atomic E-state index is 12.0. The number of aromatic amines is 1. The molecule has 100 valence electrons. The minimum Gasteiger partial charge on any atom is -0.383 e. The van der Waals surface area contributed by atoms with Gasteiger partial charge in [-0.15, -0.1) is 0 Å². The van der Waals surface area contributed by atoms with Gasteiger partial charge in [0.05, 0.1) is 24.5 Å². The lowest BCUT2D eigenvalue weighted by atomic mass is 9.99. The van der Waals surface area contributed by atoms with Crippen LogP contribution in [0.3, 0.4) is 0 Å². The van der Waals surface area contributed by atoms with Gasteiger partial charge < -0.3 is 14.8 Å². The molecule has 0 saturated heterocycles. The van der Waals surface area contributed by atoms with Gasteiger partial charge in [-0.1, -0.05) is 0 Å². The second-order valence-electron chi connectivity index (χ2n) is 4.51. The van der Waals surface area contributed by atoms with Gasteiger partial charge in [0.2, 0.25) is 0 Å². The van der Waals surface area contributed by atoms with E-state index in [1.807, 2.05) is 13.8 Å². The Morgan fingerprint density at radius 3 is 3.11 bits per heavy atom. The van der Waals surface area contributed by atoms with Crippen molar-refractivity contribution in [3.63, 3.8) is 0 Å². The molecule has 0 fully saturated rings. The Bertz CT molecular complexity index is 430. The van der Waals surface area contributed by atoms with Crippen molar-refractivity contribution in [1.29, 1.82) is 0 Å². The summed E-state index contributed by atoms with van der Waals surface area (Å²) >= 11 is 0. The minimum absolute atomic E-state index is 0.0447. The van der Waals surface area contributed by atoms with Crippen molar-refractivity contribution < 1.29 is 14.3 Å². The van der Waals surface area contributed by atoms with Crippen molar-refractivity contribution in [3.8, 4) is 0 Å². The Morgan fingerprint density at radius 2 is 2.39 bits per heavy atom. The number of H-pyrrole nitrogens is 1. The number of amides is 1. The van der Waals surface area contributed by atoms with Gasteiger partial charge in [0.15, 0.2) is 5.69 Å². The van der Waals surface area contributed by atoms with Crippen LogP contribution < -0.4 is 5.32 Å². The van der Waals surface area contributed by atoms with E-state index >= 15 is 0 Å². The fraction of sp³-hybridized carbons (Fsp3) is 0.667. The molecule has 2 atom stereocenters. The topological polar surface area (TPSA) is 76.2 Å². The second kappa shape index (κ2) is 5.49. The first-order chi connectivity index (χ1) is 8.63. The fourth-order valence-electron chi connectivity index (χ4n) is 2.21. The first kappa shape index (κ1) is 13.0. The lowest BCUT2D eigenvalue weighted by Gasteiger charge is -2.25. The third-order valence-electron chi connectivity index (χ3n) is 3.04. The van der Waals surface area contributed by atoms with Gasteiger partial charge >= 0.3 is 0 Å². The molecule has 0 aromatic carbocycles. The summed E-state index contributed by atoms with van der Waals surface area (Å²) in [6.07, 6.45) is 0.774. The number of hydrogen-bond donors (Lipinski definition) is 2. The maximum Gasteiger partial charge on any atom is 0.272 e. The third kappa shape index (κ3) is 2.54. The first-order valence-corrected chi connectivity index (χ1v) is 6.13. The fourth-order valence-corrected chi connectivity index (χ4v) is 2.21. The van der Waals surface area contributed by atoms with E-state index in [1.54, 1.807) is 7.11 Å². The Hall–Kier alpha value is -1.40. The summed E-state index contributed by atoms with van der Waals surface area (Å²) in [6, 6.07) is 0. The number of carbonyl (C=O) groups is 1. The van der Waals surface area contributed by atoms with Gasteiger partial charge in [0, 0.05) is 25.6 Å². The Kier molecular flexibility index (Phi) is 3.98. The van der Waals surface area contributed by atoms with E-state index in [9.17, 15) is 4.79 Å². The molecule has 1 aromatic heterocycles. The van der Waals surface area contributed by atoms with Gasteiger partial charge in [0.1, 0.15) is 0 Å². The Morgan fingerprint density at radius 1 is 1.61 bits per heavy atom. The molecule has 1 aromatic rings. The van der Waals surface area contributed by atoms with Gasteiger partial charge in [0.25, 0.3) is 5.91 Å². The highest BCUT2D eigenvalue weighted by atomic mass is 16.5. The maximum absolute atomic E-state index is 12.0. The summed E-state index contributed by atoms with van der Waals surface area (Å²) in [5, 5.41) is 9.78. The number of rotatable bonds is 4. The predicted molar refractivity (Wildman–Crippen MR) is 65.5 cm³/mol. The van der Waals surface area contributed by atoms with Crippen LogP contribution in [0, 0.1) is 0 Å². The van der Waals surface area contributed by atoms with E-state index in [-0.39, 0.29) is 18.1 Å². The molecule has 0 aliphatic carbocycles.